The summed E-state index contributed by atoms with van der Waals surface area (Å²) in [6.45, 7) is 0.211. The van der Waals surface area contributed by atoms with Gasteiger partial charge in [-0.3, -0.25) is 4.79 Å². The molecule has 0 aliphatic heterocycles. The van der Waals surface area contributed by atoms with E-state index in [4.69, 9.17) is 9.94 Å². The maximum atomic E-state index is 11.6. The average molecular weight is 258 g/mol. The number of methoxy groups -OCH3 is 1. The van der Waals surface area contributed by atoms with E-state index in [0.29, 0.717) is 5.71 Å². The van der Waals surface area contributed by atoms with Gasteiger partial charge < -0.3 is 14.5 Å². The molecule has 0 unspecified atom stereocenters. The molecule has 0 amide bonds. The Labute approximate surface area is 110 Å². The summed E-state index contributed by atoms with van der Waals surface area (Å²) in [5.74, 6) is 0.720. The van der Waals surface area contributed by atoms with Gasteiger partial charge in [0.05, 0.1) is 13.7 Å². The van der Waals surface area contributed by atoms with Crippen molar-refractivity contribution in [3.05, 3.63) is 64.6 Å². The molecule has 5 nitrogen and oxygen atoms in total. The molecule has 0 saturated carbocycles. The third kappa shape index (κ3) is 3.01. The maximum Gasteiger partial charge on any atom is 0.250 e. The number of pyridine rings is 1. The molecule has 0 aliphatic rings. The summed E-state index contributed by atoms with van der Waals surface area (Å²) in [6, 6.07) is 12.0. The highest BCUT2D eigenvalue weighted by molar-refractivity contribution is 6.00. The monoisotopic (exact) mass is 258 g/mol. The fourth-order valence-corrected chi connectivity index (χ4v) is 1.72. The quantitative estimate of drug-likeness (QED) is 0.516. The molecular weight excluding hydrogens is 244 g/mol. The molecule has 0 spiro atoms. The zero-order valence-corrected chi connectivity index (χ0v) is 10.5. The van der Waals surface area contributed by atoms with Crippen LogP contribution in [0.5, 0.6) is 5.75 Å². The summed E-state index contributed by atoms with van der Waals surface area (Å²) in [5.41, 5.74) is 1.01. The van der Waals surface area contributed by atoms with Crippen LogP contribution in [0.2, 0.25) is 0 Å². The van der Waals surface area contributed by atoms with Crippen LogP contribution in [-0.2, 0) is 6.54 Å². The highest BCUT2D eigenvalue weighted by Crippen LogP contribution is 2.12. The molecule has 2 aromatic rings. The minimum atomic E-state index is -0.142. The number of oxime groups is 1. The van der Waals surface area contributed by atoms with Gasteiger partial charge in [0.25, 0.3) is 5.56 Å². The van der Waals surface area contributed by atoms with Crippen molar-refractivity contribution < 1.29 is 9.94 Å². The molecule has 0 atom stereocenters. The van der Waals surface area contributed by atoms with E-state index in [2.05, 4.69) is 5.16 Å². The van der Waals surface area contributed by atoms with Crippen LogP contribution < -0.4 is 10.3 Å². The van der Waals surface area contributed by atoms with Gasteiger partial charge in [-0.05, 0) is 30.3 Å². The summed E-state index contributed by atoms with van der Waals surface area (Å²) in [5, 5.41) is 12.4. The van der Waals surface area contributed by atoms with E-state index >= 15 is 0 Å². The molecule has 0 saturated heterocycles. The Hall–Kier alpha value is -2.56. The Balaban J connectivity index is 2.26. The molecule has 0 aliphatic carbocycles. The zero-order chi connectivity index (χ0) is 13.7. The second-order valence-corrected chi connectivity index (χ2v) is 3.94. The number of aromatic nitrogens is 1. The van der Waals surface area contributed by atoms with Crippen molar-refractivity contribution in [2.75, 3.05) is 7.11 Å². The first-order chi connectivity index (χ1) is 9.24. The molecule has 5 heteroatoms. The molecule has 1 aromatic heterocycles. The molecule has 2 rings (SSSR count). The van der Waals surface area contributed by atoms with Crippen molar-refractivity contribution in [2.24, 2.45) is 5.16 Å². The van der Waals surface area contributed by atoms with E-state index < -0.39 is 0 Å². The predicted molar refractivity (Wildman–Crippen MR) is 72.0 cm³/mol. The number of ether oxygens (including phenoxy) is 1. The standard InChI is InChI=1S/C14H14N2O3/c1-19-12-7-5-11(6-8-12)13(15-18)10-16-9-3-2-4-14(16)17/h2-9,18H,10H2,1H3. The van der Waals surface area contributed by atoms with Gasteiger partial charge >= 0.3 is 0 Å². The lowest BCUT2D eigenvalue weighted by Crippen LogP contribution is -2.23. The first kappa shape index (κ1) is 12.9. The molecule has 0 fully saturated rings. The Kier molecular flexibility index (Phi) is 3.97. The molecule has 98 valence electrons. The Bertz CT molecular complexity index is 630. The highest BCUT2D eigenvalue weighted by atomic mass is 16.5. The van der Waals surface area contributed by atoms with Gasteiger partial charge in [-0.1, -0.05) is 11.2 Å². The van der Waals surface area contributed by atoms with Crippen molar-refractivity contribution in [1.29, 1.82) is 0 Å². The first-order valence-electron chi connectivity index (χ1n) is 5.75. The normalized spacial score (nSPS) is 11.3. The Morgan fingerprint density at radius 3 is 2.58 bits per heavy atom. The smallest absolute Gasteiger partial charge is 0.250 e. The van der Waals surface area contributed by atoms with E-state index in [0.717, 1.165) is 11.3 Å². The van der Waals surface area contributed by atoms with Crippen LogP contribution in [-0.4, -0.2) is 22.6 Å². The molecular formula is C14H14N2O3. The van der Waals surface area contributed by atoms with Crippen LogP contribution in [0.25, 0.3) is 0 Å². The van der Waals surface area contributed by atoms with Gasteiger partial charge in [0.1, 0.15) is 11.5 Å². The summed E-state index contributed by atoms with van der Waals surface area (Å²) in [6.07, 6.45) is 1.65. The van der Waals surface area contributed by atoms with E-state index in [9.17, 15) is 4.79 Å². The zero-order valence-electron chi connectivity index (χ0n) is 10.5. The second-order valence-electron chi connectivity index (χ2n) is 3.94. The van der Waals surface area contributed by atoms with Crippen LogP contribution in [0, 0.1) is 0 Å². The fourth-order valence-electron chi connectivity index (χ4n) is 1.72. The lowest BCUT2D eigenvalue weighted by Gasteiger charge is -2.08. The van der Waals surface area contributed by atoms with Crippen molar-refractivity contribution in [1.82, 2.24) is 4.57 Å². The maximum absolute atomic E-state index is 11.6. The van der Waals surface area contributed by atoms with Crippen LogP contribution >= 0.6 is 0 Å². The fraction of sp³-hybridized carbons (Fsp3) is 0.143. The van der Waals surface area contributed by atoms with Gasteiger partial charge in [-0.25, -0.2) is 0 Å². The number of nitrogens with zero attached hydrogens (tertiary/aromatic N) is 2. The van der Waals surface area contributed by atoms with Gasteiger partial charge in [0.15, 0.2) is 0 Å². The third-order valence-electron chi connectivity index (χ3n) is 2.76. The van der Waals surface area contributed by atoms with Crippen LogP contribution in [0.3, 0.4) is 0 Å². The summed E-state index contributed by atoms with van der Waals surface area (Å²) in [4.78, 5) is 11.6. The Morgan fingerprint density at radius 1 is 1.26 bits per heavy atom. The van der Waals surface area contributed by atoms with E-state index in [1.807, 2.05) is 0 Å². The topological polar surface area (TPSA) is 63.8 Å². The van der Waals surface area contributed by atoms with Gasteiger partial charge in [-0.2, -0.15) is 0 Å². The lowest BCUT2D eigenvalue weighted by molar-refractivity contribution is 0.317. The minimum absolute atomic E-state index is 0.142. The SMILES string of the molecule is COc1ccc(C(Cn2ccccc2=O)=NO)cc1. The molecule has 0 radical (unpaired) electrons. The van der Waals surface area contributed by atoms with Crippen molar-refractivity contribution in [3.63, 3.8) is 0 Å². The number of benzene rings is 1. The van der Waals surface area contributed by atoms with Crippen molar-refractivity contribution in [3.8, 4) is 5.75 Å². The van der Waals surface area contributed by atoms with Crippen LogP contribution in [0.4, 0.5) is 0 Å². The molecule has 0 bridgehead atoms. The van der Waals surface area contributed by atoms with Gasteiger partial charge in [0, 0.05) is 17.8 Å². The lowest BCUT2D eigenvalue weighted by atomic mass is 10.1. The highest BCUT2D eigenvalue weighted by Gasteiger charge is 2.06. The summed E-state index contributed by atoms with van der Waals surface area (Å²) in [7, 11) is 1.58. The molecule has 19 heavy (non-hydrogen) atoms. The molecule has 1 N–H and O–H groups in total. The van der Waals surface area contributed by atoms with Gasteiger partial charge in [0.2, 0.25) is 0 Å². The van der Waals surface area contributed by atoms with Crippen molar-refractivity contribution >= 4 is 5.71 Å². The average Bonchev–Trinajstić information content (AvgIpc) is 2.47. The van der Waals surface area contributed by atoms with E-state index in [1.165, 1.54) is 10.6 Å². The summed E-state index contributed by atoms with van der Waals surface area (Å²) >= 11 is 0. The molecule has 1 heterocycles. The predicted octanol–water partition coefficient (Wildman–Crippen LogP) is 1.74. The number of hydrogen-bond donors (Lipinski definition) is 1. The number of hydrogen-bond acceptors (Lipinski definition) is 4. The summed E-state index contributed by atoms with van der Waals surface area (Å²) < 4.78 is 6.53. The van der Waals surface area contributed by atoms with Gasteiger partial charge in [-0.15, -0.1) is 0 Å². The Morgan fingerprint density at radius 2 is 2.00 bits per heavy atom. The van der Waals surface area contributed by atoms with Crippen molar-refractivity contribution in [2.45, 2.75) is 6.54 Å². The van der Waals surface area contributed by atoms with E-state index in [-0.39, 0.29) is 12.1 Å². The van der Waals surface area contributed by atoms with Crippen LogP contribution in [0.15, 0.2) is 58.6 Å². The second kappa shape index (κ2) is 5.86. The van der Waals surface area contributed by atoms with Crippen LogP contribution in [0.1, 0.15) is 5.56 Å². The number of rotatable bonds is 4. The van der Waals surface area contributed by atoms with E-state index in [1.54, 1.807) is 49.7 Å². The third-order valence-corrected chi connectivity index (χ3v) is 2.76. The first-order valence-corrected chi connectivity index (χ1v) is 5.75. The minimum Gasteiger partial charge on any atom is -0.497 e. The largest absolute Gasteiger partial charge is 0.497 e. The molecule has 1 aromatic carbocycles.